The molecule has 0 bridgehead atoms. The monoisotopic (exact) mass is 372 g/mol. The van der Waals surface area contributed by atoms with E-state index in [2.05, 4.69) is 22.4 Å². The highest BCUT2D eigenvalue weighted by Gasteiger charge is 2.28. The number of carbonyl (C=O) groups is 1. The van der Waals surface area contributed by atoms with Crippen LogP contribution < -0.4 is 5.32 Å². The van der Waals surface area contributed by atoms with E-state index in [0.717, 1.165) is 48.2 Å². The molecule has 0 atom stereocenters. The van der Waals surface area contributed by atoms with Gasteiger partial charge in [0.15, 0.2) is 11.5 Å². The standard InChI is InChI=1S/C18H21ClN6O/c1-4-7-25-17-13(9-20-25)12(8-14(21-17)11-5-6-11)18(26)22-16-15(19)10(2)24(3)23-16/h8-9,11H,4-7H2,1-3H3,(H,22,23,26). The van der Waals surface area contributed by atoms with Crippen molar-refractivity contribution in [3.05, 3.63) is 34.2 Å². The van der Waals surface area contributed by atoms with Crippen molar-refractivity contribution in [3.63, 3.8) is 0 Å². The molecule has 8 heteroatoms. The number of carbonyl (C=O) groups excluding carboxylic acids is 1. The Labute approximate surface area is 156 Å². The van der Waals surface area contributed by atoms with Crippen LogP contribution in [0.1, 0.15) is 53.8 Å². The first-order valence-corrected chi connectivity index (χ1v) is 9.24. The summed E-state index contributed by atoms with van der Waals surface area (Å²) in [4.78, 5) is 17.8. The molecule has 0 aromatic carbocycles. The highest BCUT2D eigenvalue weighted by Crippen LogP contribution is 2.40. The summed E-state index contributed by atoms with van der Waals surface area (Å²) in [7, 11) is 1.79. The molecule has 26 heavy (non-hydrogen) atoms. The van der Waals surface area contributed by atoms with Crippen LogP contribution in [0.3, 0.4) is 0 Å². The van der Waals surface area contributed by atoms with E-state index in [-0.39, 0.29) is 5.91 Å². The van der Waals surface area contributed by atoms with Gasteiger partial charge in [0, 0.05) is 25.2 Å². The van der Waals surface area contributed by atoms with E-state index in [1.807, 2.05) is 17.7 Å². The van der Waals surface area contributed by atoms with E-state index in [1.165, 1.54) is 0 Å². The lowest BCUT2D eigenvalue weighted by Crippen LogP contribution is -2.14. The summed E-state index contributed by atoms with van der Waals surface area (Å²) in [5.74, 6) is 0.572. The van der Waals surface area contributed by atoms with Gasteiger partial charge < -0.3 is 5.32 Å². The van der Waals surface area contributed by atoms with Crippen molar-refractivity contribution in [1.29, 1.82) is 0 Å². The third-order valence-corrected chi connectivity index (χ3v) is 5.25. The van der Waals surface area contributed by atoms with Gasteiger partial charge in [-0.1, -0.05) is 18.5 Å². The highest BCUT2D eigenvalue weighted by atomic mass is 35.5. The van der Waals surface area contributed by atoms with Crippen LogP contribution in [-0.2, 0) is 13.6 Å². The molecule has 1 fully saturated rings. The molecule has 3 aromatic heterocycles. The topological polar surface area (TPSA) is 77.6 Å². The average molecular weight is 373 g/mol. The van der Waals surface area contributed by atoms with Gasteiger partial charge in [0.1, 0.15) is 5.02 Å². The van der Waals surface area contributed by atoms with E-state index in [0.29, 0.717) is 22.3 Å². The highest BCUT2D eigenvalue weighted by molar-refractivity contribution is 6.34. The van der Waals surface area contributed by atoms with Gasteiger partial charge in [0.05, 0.1) is 22.8 Å². The predicted molar refractivity (Wildman–Crippen MR) is 101 cm³/mol. The quantitative estimate of drug-likeness (QED) is 0.741. The van der Waals surface area contributed by atoms with Gasteiger partial charge in [-0.3, -0.25) is 9.48 Å². The zero-order valence-electron chi connectivity index (χ0n) is 15.1. The first-order chi connectivity index (χ1) is 12.5. The van der Waals surface area contributed by atoms with Gasteiger partial charge in [-0.05, 0) is 32.3 Å². The minimum atomic E-state index is -0.240. The molecule has 1 N–H and O–H groups in total. The zero-order chi connectivity index (χ0) is 18.4. The fourth-order valence-electron chi connectivity index (χ4n) is 3.06. The van der Waals surface area contributed by atoms with Crippen molar-refractivity contribution < 1.29 is 4.79 Å². The van der Waals surface area contributed by atoms with Crippen molar-refractivity contribution >= 4 is 34.4 Å². The summed E-state index contributed by atoms with van der Waals surface area (Å²) >= 11 is 6.27. The van der Waals surface area contributed by atoms with Gasteiger partial charge in [-0.15, -0.1) is 0 Å². The maximum atomic E-state index is 13.0. The molecule has 0 aliphatic heterocycles. The van der Waals surface area contributed by atoms with Gasteiger partial charge in [0.25, 0.3) is 5.91 Å². The molecule has 3 aromatic rings. The van der Waals surface area contributed by atoms with E-state index >= 15 is 0 Å². The molecule has 7 nitrogen and oxygen atoms in total. The van der Waals surface area contributed by atoms with Crippen LogP contribution in [0, 0.1) is 6.92 Å². The first kappa shape index (κ1) is 17.0. The molecule has 1 aliphatic rings. The molecule has 1 aliphatic carbocycles. The van der Waals surface area contributed by atoms with Crippen LogP contribution in [0.2, 0.25) is 5.02 Å². The van der Waals surface area contributed by atoms with Crippen LogP contribution >= 0.6 is 11.6 Å². The Morgan fingerprint density at radius 1 is 1.42 bits per heavy atom. The Morgan fingerprint density at radius 2 is 2.19 bits per heavy atom. The van der Waals surface area contributed by atoms with E-state index < -0.39 is 0 Å². The van der Waals surface area contributed by atoms with Gasteiger partial charge in [-0.2, -0.15) is 10.2 Å². The number of aromatic nitrogens is 5. The minimum absolute atomic E-state index is 0.240. The van der Waals surface area contributed by atoms with Crippen LogP contribution in [0.4, 0.5) is 5.82 Å². The number of hydrogen-bond donors (Lipinski definition) is 1. The van der Waals surface area contributed by atoms with Crippen LogP contribution in [0.5, 0.6) is 0 Å². The number of nitrogens with one attached hydrogen (secondary N) is 1. The van der Waals surface area contributed by atoms with Gasteiger partial charge in [-0.25, -0.2) is 9.67 Å². The van der Waals surface area contributed by atoms with Crippen molar-refractivity contribution in [1.82, 2.24) is 24.5 Å². The summed E-state index contributed by atoms with van der Waals surface area (Å²) in [6.45, 7) is 4.73. The van der Waals surface area contributed by atoms with Crippen molar-refractivity contribution in [2.24, 2.45) is 7.05 Å². The molecule has 0 unspecified atom stereocenters. The number of hydrogen-bond acceptors (Lipinski definition) is 4. The van der Waals surface area contributed by atoms with E-state index in [1.54, 1.807) is 17.9 Å². The van der Waals surface area contributed by atoms with Crippen molar-refractivity contribution in [2.45, 2.75) is 45.6 Å². The zero-order valence-corrected chi connectivity index (χ0v) is 15.8. The molecule has 3 heterocycles. The molecular weight excluding hydrogens is 352 g/mol. The fraction of sp³-hybridized carbons (Fsp3) is 0.444. The second kappa shape index (κ2) is 6.39. The number of nitrogens with zero attached hydrogens (tertiary/aromatic N) is 5. The van der Waals surface area contributed by atoms with Gasteiger partial charge >= 0.3 is 0 Å². The smallest absolute Gasteiger partial charge is 0.257 e. The lowest BCUT2D eigenvalue weighted by Gasteiger charge is -2.08. The SMILES string of the molecule is CCCn1ncc2c(C(=O)Nc3nn(C)c(C)c3Cl)cc(C3CC3)nc21. The summed E-state index contributed by atoms with van der Waals surface area (Å²) in [5, 5.41) is 12.7. The molecule has 0 saturated heterocycles. The Hall–Kier alpha value is -2.41. The molecule has 4 rings (SSSR count). The molecule has 1 amide bonds. The lowest BCUT2D eigenvalue weighted by molar-refractivity contribution is 0.102. The molecule has 0 spiro atoms. The van der Waals surface area contributed by atoms with Gasteiger partial charge in [0.2, 0.25) is 0 Å². The molecule has 136 valence electrons. The minimum Gasteiger partial charge on any atom is -0.304 e. The second-order valence-corrected chi connectivity index (χ2v) is 7.18. The predicted octanol–water partition coefficient (Wildman–Crippen LogP) is 3.67. The van der Waals surface area contributed by atoms with Crippen molar-refractivity contribution in [3.8, 4) is 0 Å². The Balaban J connectivity index is 1.76. The molecular formula is C18H21ClN6O. The van der Waals surface area contributed by atoms with Crippen molar-refractivity contribution in [2.75, 3.05) is 5.32 Å². The second-order valence-electron chi connectivity index (χ2n) is 6.80. The van der Waals surface area contributed by atoms with E-state index in [4.69, 9.17) is 16.6 Å². The summed E-state index contributed by atoms with van der Waals surface area (Å²) in [5.41, 5.74) is 3.10. The van der Waals surface area contributed by atoms with Crippen LogP contribution in [0.15, 0.2) is 12.3 Å². The Bertz CT molecular complexity index is 1000. The number of halogens is 1. The van der Waals surface area contributed by atoms with E-state index in [9.17, 15) is 4.79 Å². The van der Waals surface area contributed by atoms with Crippen LogP contribution in [-0.4, -0.2) is 30.5 Å². The summed E-state index contributed by atoms with van der Waals surface area (Å²) in [6.07, 6.45) is 4.91. The average Bonchev–Trinajstić information content (AvgIpc) is 3.36. The summed E-state index contributed by atoms with van der Waals surface area (Å²) < 4.78 is 3.52. The third-order valence-electron chi connectivity index (χ3n) is 4.80. The Kier molecular flexibility index (Phi) is 4.19. The number of fused-ring (bicyclic) bond motifs is 1. The number of amides is 1. The molecule has 0 radical (unpaired) electrons. The maximum absolute atomic E-state index is 13.0. The third kappa shape index (κ3) is 2.86. The first-order valence-electron chi connectivity index (χ1n) is 8.86. The summed E-state index contributed by atoms with van der Waals surface area (Å²) in [6, 6.07) is 1.89. The number of aryl methyl sites for hydroxylation is 2. The maximum Gasteiger partial charge on any atom is 0.257 e. The van der Waals surface area contributed by atoms with Crippen LogP contribution in [0.25, 0.3) is 11.0 Å². The number of pyridine rings is 1. The largest absolute Gasteiger partial charge is 0.304 e. The molecule has 1 saturated carbocycles. The lowest BCUT2D eigenvalue weighted by atomic mass is 10.1. The normalized spacial score (nSPS) is 14.2. The number of anilines is 1. The number of rotatable bonds is 5. The Morgan fingerprint density at radius 3 is 2.81 bits per heavy atom. The fourth-order valence-corrected chi connectivity index (χ4v) is 3.26.